The van der Waals surface area contributed by atoms with Crippen LogP contribution in [0.25, 0.3) is 0 Å². The largest absolute Gasteiger partial charge is 0.311 e. The molecule has 12 aliphatic carbocycles. The Hall–Kier alpha value is -0.0800. The van der Waals surface area contributed by atoms with E-state index in [0.29, 0.717) is 21.9 Å². The molecule has 0 unspecified atom stereocenters. The quantitative estimate of drug-likeness (QED) is 0.369. The normalized spacial score (nSPS) is 59.3. The van der Waals surface area contributed by atoms with Crippen LogP contribution in [-0.2, 0) is 0 Å². The van der Waals surface area contributed by atoms with Crippen LogP contribution in [0.3, 0.4) is 0 Å². The molecule has 12 fully saturated rings. The second kappa shape index (κ2) is 7.77. The Morgan fingerprint density at radius 3 is 1.03 bits per heavy atom. The van der Waals surface area contributed by atoms with E-state index in [1.165, 1.54) is 64.5 Å². The van der Waals surface area contributed by atoms with E-state index in [9.17, 15) is 0 Å². The Morgan fingerprint density at radius 1 is 0.389 bits per heavy atom. The maximum absolute atomic E-state index is 4.32. The first-order chi connectivity index (χ1) is 17.5. The van der Waals surface area contributed by atoms with Crippen molar-refractivity contribution in [3.8, 4) is 0 Å². The van der Waals surface area contributed by atoms with Gasteiger partial charge in [0, 0.05) is 11.1 Å². The minimum Gasteiger partial charge on any atom is -0.311 e. The van der Waals surface area contributed by atoms with Crippen LogP contribution < -0.4 is 10.6 Å². The van der Waals surface area contributed by atoms with Crippen molar-refractivity contribution in [2.24, 2.45) is 58.2 Å². The van der Waals surface area contributed by atoms with Crippen molar-refractivity contribution >= 4 is 0 Å². The van der Waals surface area contributed by atoms with E-state index in [4.69, 9.17) is 0 Å². The summed E-state index contributed by atoms with van der Waals surface area (Å²) in [5.74, 6) is 8.61. The van der Waals surface area contributed by atoms with Gasteiger partial charge in [0.2, 0.25) is 0 Å². The second-order valence-electron chi connectivity index (χ2n) is 17.7. The molecule has 12 rings (SSSR count). The number of hydrogen-bond acceptors (Lipinski definition) is 2. The molecule has 0 aliphatic heterocycles. The third-order valence-corrected chi connectivity index (χ3v) is 14.7. The Kier molecular flexibility index (Phi) is 4.90. The molecule has 0 spiro atoms. The minimum atomic E-state index is 0.566. The first-order valence-electron chi connectivity index (χ1n) is 17.0. The summed E-state index contributed by atoms with van der Waals surface area (Å²) in [4.78, 5) is 0. The van der Waals surface area contributed by atoms with Crippen LogP contribution in [-0.4, -0.2) is 24.2 Å². The molecule has 2 N–H and O–H groups in total. The Morgan fingerprint density at radius 2 is 0.694 bits per heavy atom. The molecular weight excluding hydrogens is 436 g/mol. The lowest BCUT2D eigenvalue weighted by atomic mass is 9.43. The summed E-state index contributed by atoms with van der Waals surface area (Å²) in [7, 11) is 0. The summed E-state index contributed by atoms with van der Waals surface area (Å²) in [6, 6.07) is 0. The summed E-state index contributed by atoms with van der Waals surface area (Å²) in [6.07, 6.45) is 31.2. The molecule has 2 nitrogen and oxygen atoms in total. The highest BCUT2D eigenvalue weighted by atomic mass is 15.0. The van der Waals surface area contributed by atoms with E-state index in [0.717, 1.165) is 47.3 Å². The number of hydrogen-bond donors (Lipinski definition) is 2. The van der Waals surface area contributed by atoms with Gasteiger partial charge in [0.05, 0.1) is 0 Å². The fourth-order valence-corrected chi connectivity index (χ4v) is 15.1. The summed E-state index contributed by atoms with van der Waals surface area (Å²) < 4.78 is 0. The molecule has 12 aliphatic rings. The maximum atomic E-state index is 4.32. The van der Waals surface area contributed by atoms with E-state index < -0.39 is 0 Å². The molecular formula is C34H54N2. The van der Waals surface area contributed by atoms with Gasteiger partial charge in [0.1, 0.15) is 0 Å². The molecule has 0 amide bonds. The molecule has 0 aromatic rings. The van der Waals surface area contributed by atoms with E-state index in [1.807, 2.05) is 0 Å². The predicted molar refractivity (Wildman–Crippen MR) is 147 cm³/mol. The molecule has 200 valence electrons. The third-order valence-electron chi connectivity index (χ3n) is 14.7. The van der Waals surface area contributed by atoms with E-state index >= 15 is 0 Å². The highest BCUT2D eigenvalue weighted by Gasteiger charge is 2.58. The van der Waals surface area contributed by atoms with E-state index in [-0.39, 0.29) is 0 Å². The van der Waals surface area contributed by atoms with Gasteiger partial charge in [-0.3, -0.25) is 0 Å². The molecule has 0 aromatic carbocycles. The van der Waals surface area contributed by atoms with Crippen LogP contribution >= 0.6 is 0 Å². The first-order valence-corrected chi connectivity index (χ1v) is 17.0. The van der Waals surface area contributed by atoms with Gasteiger partial charge in [-0.25, -0.2) is 0 Å². The topological polar surface area (TPSA) is 24.1 Å². The third kappa shape index (κ3) is 3.68. The number of nitrogens with one attached hydrogen (secondary N) is 2. The lowest BCUT2D eigenvalue weighted by Crippen LogP contribution is -2.60. The van der Waals surface area contributed by atoms with Crippen molar-refractivity contribution in [1.82, 2.24) is 10.6 Å². The van der Waals surface area contributed by atoms with Gasteiger partial charge in [-0.15, -0.1) is 0 Å². The zero-order chi connectivity index (χ0) is 23.6. The fraction of sp³-hybridized carbons (Fsp3) is 1.00. The van der Waals surface area contributed by atoms with Crippen LogP contribution in [0.4, 0.5) is 0 Å². The average Bonchev–Trinajstić information content (AvgIpc) is 2.75. The molecule has 0 saturated heterocycles. The molecule has 0 heterocycles. The van der Waals surface area contributed by atoms with Crippen molar-refractivity contribution in [2.75, 3.05) is 13.1 Å². The van der Waals surface area contributed by atoms with Crippen LogP contribution in [0.1, 0.15) is 128 Å². The summed E-state index contributed by atoms with van der Waals surface area (Å²) in [5, 5.41) is 8.64. The van der Waals surface area contributed by atoms with Crippen molar-refractivity contribution in [3.63, 3.8) is 0 Å². The SMILES string of the molecule is C(CC12CC3CC(C1)CC(CCNC14CC5CC(CC(C5)C1)C4)(C3)C2)NC12CC3CC(CC(C3)C1)C2. The monoisotopic (exact) mass is 490 g/mol. The van der Waals surface area contributed by atoms with Gasteiger partial charge in [0.15, 0.2) is 0 Å². The molecule has 36 heavy (non-hydrogen) atoms. The highest BCUT2D eigenvalue weighted by Crippen LogP contribution is 2.67. The van der Waals surface area contributed by atoms with Crippen molar-refractivity contribution < 1.29 is 0 Å². The van der Waals surface area contributed by atoms with Crippen molar-refractivity contribution in [3.05, 3.63) is 0 Å². The second-order valence-corrected chi connectivity index (χ2v) is 17.7. The predicted octanol–water partition coefficient (Wildman–Crippen LogP) is 7.47. The lowest BCUT2D eigenvalue weighted by Gasteiger charge is -2.63. The zero-order valence-corrected chi connectivity index (χ0v) is 23.2. The molecule has 2 heteroatoms. The van der Waals surface area contributed by atoms with Gasteiger partial charge >= 0.3 is 0 Å². The van der Waals surface area contributed by atoms with Gasteiger partial charge in [-0.1, -0.05) is 0 Å². The first kappa shape index (κ1) is 22.7. The zero-order valence-electron chi connectivity index (χ0n) is 23.2. The van der Waals surface area contributed by atoms with Crippen molar-refractivity contribution in [1.29, 1.82) is 0 Å². The number of rotatable bonds is 8. The van der Waals surface area contributed by atoms with E-state index in [1.54, 1.807) is 77.0 Å². The Bertz CT molecular complexity index is 735. The van der Waals surface area contributed by atoms with Crippen molar-refractivity contribution in [2.45, 2.75) is 139 Å². The van der Waals surface area contributed by atoms with E-state index in [2.05, 4.69) is 10.6 Å². The van der Waals surface area contributed by atoms with Gasteiger partial charge < -0.3 is 10.6 Å². The molecule has 0 atom stereocenters. The molecule has 12 saturated carbocycles. The minimum absolute atomic E-state index is 0.566. The average molecular weight is 491 g/mol. The standard InChI is InChI=1S/C34H54N2/c1(3-35-33-16-23-5-24(17-33)7-25(6-23)18-33)31-12-29-11-30(13-31)15-32(14-29,22-31)2-4-36-34-19-26-8-27(20-34)10-28(9-26)21-34/h23-30,35-36H,1-22H2. The van der Waals surface area contributed by atoms with Crippen LogP contribution in [0.2, 0.25) is 0 Å². The van der Waals surface area contributed by atoms with Crippen LogP contribution in [0, 0.1) is 58.2 Å². The smallest absolute Gasteiger partial charge is 0.0189 e. The molecule has 0 aromatic heterocycles. The Balaban J connectivity index is 0.850. The fourth-order valence-electron chi connectivity index (χ4n) is 15.1. The Labute approximate surface area is 221 Å². The summed E-state index contributed by atoms with van der Waals surface area (Å²) in [6.45, 7) is 2.68. The van der Waals surface area contributed by atoms with Gasteiger partial charge in [0.25, 0.3) is 0 Å². The van der Waals surface area contributed by atoms with Gasteiger partial charge in [-0.05, 0) is 200 Å². The molecule has 12 bridgehead atoms. The lowest BCUT2D eigenvalue weighted by molar-refractivity contribution is -0.119. The van der Waals surface area contributed by atoms with Crippen LogP contribution in [0.15, 0.2) is 0 Å². The molecule has 0 radical (unpaired) electrons. The summed E-state index contributed by atoms with van der Waals surface area (Å²) in [5.41, 5.74) is 2.55. The van der Waals surface area contributed by atoms with Crippen LogP contribution in [0.5, 0.6) is 0 Å². The maximum Gasteiger partial charge on any atom is 0.0189 e. The van der Waals surface area contributed by atoms with Gasteiger partial charge in [-0.2, -0.15) is 0 Å². The highest BCUT2D eigenvalue weighted by molar-refractivity contribution is 5.11. The summed E-state index contributed by atoms with van der Waals surface area (Å²) >= 11 is 0.